The van der Waals surface area contributed by atoms with Crippen molar-refractivity contribution < 1.29 is 4.79 Å². The van der Waals surface area contributed by atoms with E-state index in [1.54, 1.807) is 11.3 Å². The second-order valence-electron chi connectivity index (χ2n) is 3.87. The smallest absolute Gasteiger partial charge is 0.149 e. The van der Waals surface area contributed by atoms with E-state index < -0.39 is 0 Å². The second-order valence-corrected chi connectivity index (χ2v) is 4.90. The maximum absolute atomic E-state index is 11.5. The van der Waals surface area contributed by atoms with E-state index in [1.165, 1.54) is 4.88 Å². The van der Waals surface area contributed by atoms with Gasteiger partial charge in [0, 0.05) is 17.8 Å². The zero-order chi connectivity index (χ0) is 9.97. The minimum Gasteiger partial charge on any atom is -0.298 e. The molecule has 1 atom stereocenters. The Morgan fingerprint density at radius 1 is 1.64 bits per heavy atom. The zero-order valence-electron chi connectivity index (χ0n) is 8.40. The molecule has 1 aromatic rings. The molecule has 0 aliphatic heterocycles. The molecule has 2 rings (SSSR count). The Morgan fingerprint density at radius 3 is 3.07 bits per heavy atom. The zero-order valence-corrected chi connectivity index (χ0v) is 9.22. The second kappa shape index (κ2) is 4.24. The summed E-state index contributed by atoms with van der Waals surface area (Å²) in [5, 5.41) is 2.08. The maximum atomic E-state index is 11.5. The molecule has 3 heteroatoms. The highest BCUT2D eigenvalue weighted by molar-refractivity contribution is 7.09. The van der Waals surface area contributed by atoms with E-state index in [0.717, 1.165) is 25.8 Å². The van der Waals surface area contributed by atoms with E-state index >= 15 is 0 Å². The lowest BCUT2D eigenvalue weighted by Crippen LogP contribution is -2.33. The summed E-state index contributed by atoms with van der Waals surface area (Å²) in [4.78, 5) is 15.0. The molecular formula is C11H15NOS. The minimum atomic E-state index is 0.178. The molecule has 1 unspecified atom stereocenters. The first-order chi connectivity index (χ1) is 6.77. The molecule has 1 aliphatic rings. The van der Waals surface area contributed by atoms with Crippen LogP contribution in [-0.2, 0) is 11.3 Å². The molecule has 0 spiro atoms. The molecule has 0 N–H and O–H groups in total. The number of Topliss-reactive ketones (excluding diaryl/α,β-unsaturated/α-hetero) is 1. The predicted molar refractivity (Wildman–Crippen MR) is 58.4 cm³/mol. The van der Waals surface area contributed by atoms with Crippen LogP contribution in [0.2, 0.25) is 0 Å². The van der Waals surface area contributed by atoms with Crippen molar-refractivity contribution in [3.63, 3.8) is 0 Å². The Kier molecular flexibility index (Phi) is 2.99. The van der Waals surface area contributed by atoms with Crippen molar-refractivity contribution in [1.29, 1.82) is 0 Å². The highest BCUT2D eigenvalue weighted by Crippen LogP contribution is 2.21. The standard InChI is InChI=1S/C11H15NOS/c1-12(8-9-4-3-7-14-9)10-5-2-6-11(10)13/h3-4,7,10H,2,5-6,8H2,1H3. The van der Waals surface area contributed by atoms with Crippen molar-refractivity contribution in [2.45, 2.75) is 31.8 Å². The average molecular weight is 209 g/mol. The Balaban J connectivity index is 1.95. The Bertz CT molecular complexity index is 307. The van der Waals surface area contributed by atoms with E-state index in [1.807, 2.05) is 7.05 Å². The molecule has 1 aromatic heterocycles. The van der Waals surface area contributed by atoms with Gasteiger partial charge in [0.15, 0.2) is 0 Å². The summed E-state index contributed by atoms with van der Waals surface area (Å²) in [6.45, 7) is 0.911. The van der Waals surface area contributed by atoms with Crippen LogP contribution in [0.15, 0.2) is 17.5 Å². The number of nitrogens with zero attached hydrogens (tertiary/aromatic N) is 1. The van der Waals surface area contributed by atoms with E-state index in [4.69, 9.17) is 0 Å². The fourth-order valence-corrected chi connectivity index (χ4v) is 2.79. The first-order valence-corrected chi connectivity index (χ1v) is 5.90. The van der Waals surface area contributed by atoms with Crippen molar-refractivity contribution in [3.8, 4) is 0 Å². The summed E-state index contributed by atoms with van der Waals surface area (Å²) in [7, 11) is 2.05. The number of ketones is 1. The van der Waals surface area contributed by atoms with Gasteiger partial charge in [-0.3, -0.25) is 9.69 Å². The molecule has 76 valence electrons. The summed E-state index contributed by atoms with van der Waals surface area (Å²) in [6, 6.07) is 4.36. The van der Waals surface area contributed by atoms with Crippen LogP contribution in [0.4, 0.5) is 0 Å². The lowest BCUT2D eigenvalue weighted by Gasteiger charge is -2.21. The van der Waals surface area contributed by atoms with Crippen molar-refractivity contribution in [2.24, 2.45) is 0 Å². The quantitative estimate of drug-likeness (QED) is 0.761. The number of hydrogen-bond acceptors (Lipinski definition) is 3. The Labute approximate surface area is 88.5 Å². The van der Waals surface area contributed by atoms with Gasteiger partial charge >= 0.3 is 0 Å². The monoisotopic (exact) mass is 209 g/mol. The van der Waals surface area contributed by atoms with Crippen LogP contribution in [0.5, 0.6) is 0 Å². The molecule has 1 fully saturated rings. The molecule has 1 saturated carbocycles. The van der Waals surface area contributed by atoms with Gasteiger partial charge in [0.25, 0.3) is 0 Å². The van der Waals surface area contributed by atoms with Gasteiger partial charge in [0.2, 0.25) is 0 Å². The largest absolute Gasteiger partial charge is 0.298 e. The van der Waals surface area contributed by atoms with Gasteiger partial charge < -0.3 is 0 Å². The summed E-state index contributed by atoms with van der Waals surface area (Å²) in [5.74, 6) is 0.420. The Morgan fingerprint density at radius 2 is 2.50 bits per heavy atom. The van der Waals surface area contributed by atoms with Gasteiger partial charge in [-0.1, -0.05) is 6.07 Å². The third kappa shape index (κ3) is 2.04. The third-order valence-corrected chi connectivity index (χ3v) is 3.65. The van der Waals surface area contributed by atoms with Crippen molar-refractivity contribution in [2.75, 3.05) is 7.05 Å². The van der Waals surface area contributed by atoms with Crippen molar-refractivity contribution in [1.82, 2.24) is 4.90 Å². The molecule has 2 nitrogen and oxygen atoms in total. The molecular weight excluding hydrogens is 194 g/mol. The normalized spacial score (nSPS) is 22.1. The van der Waals surface area contributed by atoms with E-state index in [9.17, 15) is 4.79 Å². The highest BCUT2D eigenvalue weighted by Gasteiger charge is 2.27. The van der Waals surface area contributed by atoms with E-state index in [0.29, 0.717) is 5.78 Å². The van der Waals surface area contributed by atoms with Gasteiger partial charge in [0.1, 0.15) is 5.78 Å². The summed E-state index contributed by atoms with van der Waals surface area (Å²) in [6.07, 6.45) is 2.89. The number of hydrogen-bond donors (Lipinski definition) is 0. The van der Waals surface area contributed by atoms with Gasteiger partial charge in [-0.05, 0) is 31.3 Å². The van der Waals surface area contributed by atoms with Crippen molar-refractivity contribution >= 4 is 17.1 Å². The lowest BCUT2D eigenvalue weighted by atomic mass is 10.2. The predicted octanol–water partition coefficient (Wildman–Crippen LogP) is 2.30. The van der Waals surface area contributed by atoms with Crippen LogP contribution < -0.4 is 0 Å². The molecule has 0 radical (unpaired) electrons. The fraction of sp³-hybridized carbons (Fsp3) is 0.545. The summed E-state index contributed by atoms with van der Waals surface area (Å²) < 4.78 is 0. The summed E-state index contributed by atoms with van der Waals surface area (Å²) >= 11 is 1.76. The molecule has 0 saturated heterocycles. The fourth-order valence-electron chi connectivity index (χ4n) is 2.02. The van der Waals surface area contributed by atoms with Gasteiger partial charge in [-0.15, -0.1) is 11.3 Å². The summed E-state index contributed by atoms with van der Waals surface area (Å²) in [5.41, 5.74) is 0. The maximum Gasteiger partial charge on any atom is 0.149 e. The molecule has 0 amide bonds. The Hall–Kier alpha value is -0.670. The van der Waals surface area contributed by atoms with E-state index in [2.05, 4.69) is 22.4 Å². The molecule has 14 heavy (non-hydrogen) atoms. The number of thiophene rings is 1. The number of carbonyl (C=O) groups is 1. The number of rotatable bonds is 3. The molecule has 0 aromatic carbocycles. The topological polar surface area (TPSA) is 20.3 Å². The molecule has 1 heterocycles. The van der Waals surface area contributed by atoms with Gasteiger partial charge in [-0.25, -0.2) is 0 Å². The minimum absolute atomic E-state index is 0.178. The van der Waals surface area contributed by atoms with Gasteiger partial charge in [-0.2, -0.15) is 0 Å². The number of likely N-dealkylation sites (N-methyl/N-ethyl adjacent to an activating group) is 1. The van der Waals surface area contributed by atoms with Gasteiger partial charge in [0.05, 0.1) is 6.04 Å². The molecule has 1 aliphatic carbocycles. The molecule has 0 bridgehead atoms. The lowest BCUT2D eigenvalue weighted by molar-refractivity contribution is -0.121. The highest BCUT2D eigenvalue weighted by atomic mass is 32.1. The number of carbonyl (C=O) groups excluding carboxylic acids is 1. The third-order valence-electron chi connectivity index (χ3n) is 2.79. The van der Waals surface area contributed by atoms with E-state index in [-0.39, 0.29) is 6.04 Å². The first-order valence-electron chi connectivity index (χ1n) is 5.02. The first kappa shape index (κ1) is 9.87. The van der Waals surface area contributed by atoms with Crippen LogP contribution in [-0.4, -0.2) is 23.8 Å². The van der Waals surface area contributed by atoms with Crippen LogP contribution in [0, 0.1) is 0 Å². The average Bonchev–Trinajstić information content (AvgIpc) is 2.75. The van der Waals surface area contributed by atoms with Crippen LogP contribution in [0.25, 0.3) is 0 Å². The van der Waals surface area contributed by atoms with Crippen LogP contribution in [0.3, 0.4) is 0 Å². The van der Waals surface area contributed by atoms with Crippen molar-refractivity contribution in [3.05, 3.63) is 22.4 Å². The van der Waals surface area contributed by atoms with Crippen LogP contribution in [0.1, 0.15) is 24.1 Å². The SMILES string of the molecule is CN(Cc1cccs1)C1CCCC1=O. The van der Waals surface area contributed by atoms with Crippen LogP contribution >= 0.6 is 11.3 Å².